The van der Waals surface area contributed by atoms with Gasteiger partial charge in [-0.05, 0) is 24.8 Å². The van der Waals surface area contributed by atoms with Gasteiger partial charge in [0.1, 0.15) is 17.0 Å². The fourth-order valence-corrected chi connectivity index (χ4v) is 4.58. The Morgan fingerprint density at radius 2 is 2.25 bits per heavy atom. The molecule has 0 amide bonds. The van der Waals surface area contributed by atoms with Crippen LogP contribution in [-0.2, 0) is 29.7 Å². The molecule has 0 saturated heterocycles. The molecule has 0 radical (unpaired) electrons. The van der Waals surface area contributed by atoms with Gasteiger partial charge < -0.3 is 10.3 Å². The van der Waals surface area contributed by atoms with Crippen molar-refractivity contribution in [2.24, 2.45) is 5.73 Å². The minimum absolute atomic E-state index is 0.107. The van der Waals surface area contributed by atoms with Crippen molar-refractivity contribution in [2.45, 2.75) is 38.4 Å². The summed E-state index contributed by atoms with van der Waals surface area (Å²) in [6, 6.07) is 0. The second kappa shape index (κ2) is 6.00. The Bertz CT molecular complexity index is 689. The summed E-state index contributed by atoms with van der Waals surface area (Å²) in [6.45, 7) is 4.71. The van der Waals surface area contributed by atoms with Gasteiger partial charge in [0.05, 0.1) is 6.54 Å². The van der Waals surface area contributed by atoms with E-state index in [2.05, 4.69) is 14.9 Å². The van der Waals surface area contributed by atoms with Gasteiger partial charge in [-0.1, -0.05) is 0 Å². The van der Waals surface area contributed by atoms with Crippen molar-refractivity contribution in [3.8, 4) is 0 Å². The van der Waals surface area contributed by atoms with Gasteiger partial charge in [0.2, 0.25) is 10.0 Å². The Morgan fingerprint density at radius 3 is 2.90 bits per heavy atom. The van der Waals surface area contributed by atoms with Crippen LogP contribution in [0.15, 0.2) is 16.6 Å². The Balaban J connectivity index is 2.22. The average Bonchev–Trinajstić information content (AvgIpc) is 3.02. The van der Waals surface area contributed by atoms with Gasteiger partial charge in [-0.3, -0.25) is 0 Å². The lowest BCUT2D eigenvalue weighted by molar-refractivity contribution is 0.574. The molecule has 110 valence electrons. The molecule has 0 aliphatic heterocycles. The van der Waals surface area contributed by atoms with Crippen LogP contribution in [0.5, 0.6) is 0 Å². The third-order valence-electron chi connectivity index (χ3n) is 2.90. The molecule has 20 heavy (non-hydrogen) atoms. The Labute approximate surface area is 121 Å². The summed E-state index contributed by atoms with van der Waals surface area (Å²) in [7, 11) is -3.59. The van der Waals surface area contributed by atoms with Crippen LogP contribution in [-0.4, -0.2) is 23.2 Å². The van der Waals surface area contributed by atoms with Gasteiger partial charge in [0.15, 0.2) is 0 Å². The monoisotopic (exact) mass is 315 g/mol. The zero-order valence-corrected chi connectivity index (χ0v) is 13.0. The number of hydrogen-bond acceptors (Lipinski definition) is 6. The molecule has 0 spiro atoms. The van der Waals surface area contributed by atoms with Crippen molar-refractivity contribution < 1.29 is 8.42 Å². The summed E-state index contributed by atoms with van der Waals surface area (Å²) in [6.07, 6.45) is 1.57. The Hall–Kier alpha value is -1.29. The van der Waals surface area contributed by atoms with E-state index in [-0.39, 0.29) is 18.0 Å². The summed E-state index contributed by atoms with van der Waals surface area (Å²) in [5, 5.41) is 9.47. The number of nitrogens with two attached hydrogens (primary N) is 1. The summed E-state index contributed by atoms with van der Waals surface area (Å²) in [5.74, 6) is 0.582. The second-order valence-electron chi connectivity index (χ2n) is 4.23. The molecule has 2 aromatic rings. The molecule has 0 bridgehead atoms. The zero-order valence-electron chi connectivity index (χ0n) is 11.3. The molecular formula is C11H17N5O2S2. The van der Waals surface area contributed by atoms with Gasteiger partial charge in [0, 0.05) is 18.0 Å². The molecule has 7 nitrogen and oxygen atoms in total. The molecular weight excluding hydrogens is 298 g/mol. The van der Waals surface area contributed by atoms with E-state index in [4.69, 9.17) is 5.73 Å². The van der Waals surface area contributed by atoms with Gasteiger partial charge in [-0.25, -0.2) is 13.1 Å². The fourth-order valence-electron chi connectivity index (χ4n) is 1.90. The number of rotatable bonds is 6. The van der Waals surface area contributed by atoms with E-state index in [0.717, 1.165) is 0 Å². The maximum atomic E-state index is 12.4. The van der Waals surface area contributed by atoms with Crippen LogP contribution in [0, 0.1) is 6.92 Å². The minimum atomic E-state index is -3.59. The van der Waals surface area contributed by atoms with Crippen molar-refractivity contribution in [3.63, 3.8) is 0 Å². The summed E-state index contributed by atoms with van der Waals surface area (Å²) < 4.78 is 29.1. The standard InChI is InChI=1S/C11H17N5O2S2/c1-3-16-7-13-15-10(16)5-14-20(17,18)11-8(2)6-19-9(11)4-12/h6-7,14H,3-5,12H2,1-2H3. The third kappa shape index (κ3) is 2.90. The van der Waals surface area contributed by atoms with Crippen LogP contribution in [0.2, 0.25) is 0 Å². The van der Waals surface area contributed by atoms with Crippen molar-refractivity contribution in [2.75, 3.05) is 0 Å². The highest BCUT2D eigenvalue weighted by atomic mass is 32.2. The SMILES string of the molecule is CCn1cnnc1CNS(=O)(=O)c1c(C)csc1CN. The largest absolute Gasteiger partial charge is 0.326 e. The number of nitrogens with zero attached hydrogens (tertiary/aromatic N) is 3. The van der Waals surface area contributed by atoms with Crippen LogP contribution < -0.4 is 10.5 Å². The molecule has 9 heteroatoms. The molecule has 0 aliphatic carbocycles. The van der Waals surface area contributed by atoms with Crippen LogP contribution in [0.3, 0.4) is 0 Å². The number of aromatic nitrogens is 3. The van der Waals surface area contributed by atoms with E-state index in [1.54, 1.807) is 23.2 Å². The van der Waals surface area contributed by atoms with Gasteiger partial charge in [0.25, 0.3) is 0 Å². The van der Waals surface area contributed by atoms with E-state index in [1.165, 1.54) is 11.3 Å². The zero-order chi connectivity index (χ0) is 14.8. The first-order valence-electron chi connectivity index (χ1n) is 6.13. The highest BCUT2D eigenvalue weighted by Gasteiger charge is 2.22. The lowest BCUT2D eigenvalue weighted by Gasteiger charge is -2.08. The third-order valence-corrected chi connectivity index (χ3v) is 5.79. The molecule has 0 aromatic carbocycles. The summed E-state index contributed by atoms with van der Waals surface area (Å²) in [5.41, 5.74) is 6.30. The Morgan fingerprint density at radius 1 is 1.50 bits per heavy atom. The van der Waals surface area contributed by atoms with Crippen LogP contribution in [0.4, 0.5) is 0 Å². The molecule has 2 rings (SSSR count). The number of hydrogen-bond donors (Lipinski definition) is 2. The first kappa shape index (κ1) is 15.1. The molecule has 0 fully saturated rings. The van der Waals surface area contributed by atoms with E-state index >= 15 is 0 Å². The first-order valence-corrected chi connectivity index (χ1v) is 8.49. The van der Waals surface area contributed by atoms with Gasteiger partial charge in [-0.15, -0.1) is 21.5 Å². The maximum Gasteiger partial charge on any atom is 0.242 e. The van der Waals surface area contributed by atoms with Crippen molar-refractivity contribution in [1.82, 2.24) is 19.5 Å². The molecule has 2 aromatic heterocycles. The summed E-state index contributed by atoms with van der Waals surface area (Å²) in [4.78, 5) is 0.944. The van der Waals surface area contributed by atoms with Crippen molar-refractivity contribution in [1.29, 1.82) is 0 Å². The van der Waals surface area contributed by atoms with E-state index in [0.29, 0.717) is 22.8 Å². The topological polar surface area (TPSA) is 103 Å². The first-order chi connectivity index (χ1) is 9.49. The number of sulfonamides is 1. The van der Waals surface area contributed by atoms with Gasteiger partial charge >= 0.3 is 0 Å². The molecule has 2 heterocycles. The highest BCUT2D eigenvalue weighted by Crippen LogP contribution is 2.26. The van der Waals surface area contributed by atoms with Crippen molar-refractivity contribution in [3.05, 3.63) is 28.0 Å². The molecule has 3 N–H and O–H groups in total. The maximum absolute atomic E-state index is 12.4. The lowest BCUT2D eigenvalue weighted by atomic mass is 10.3. The van der Waals surface area contributed by atoms with Gasteiger partial charge in [-0.2, -0.15) is 0 Å². The smallest absolute Gasteiger partial charge is 0.242 e. The van der Waals surface area contributed by atoms with Crippen molar-refractivity contribution >= 4 is 21.4 Å². The van der Waals surface area contributed by atoms with E-state index in [9.17, 15) is 8.42 Å². The number of nitrogens with one attached hydrogen (secondary N) is 1. The summed E-state index contributed by atoms with van der Waals surface area (Å²) >= 11 is 1.36. The average molecular weight is 315 g/mol. The van der Waals surface area contributed by atoms with Crippen LogP contribution in [0.25, 0.3) is 0 Å². The fraction of sp³-hybridized carbons (Fsp3) is 0.455. The Kier molecular flexibility index (Phi) is 4.53. The predicted octanol–water partition coefficient (Wildman–Crippen LogP) is 0.605. The minimum Gasteiger partial charge on any atom is -0.326 e. The highest BCUT2D eigenvalue weighted by molar-refractivity contribution is 7.89. The number of aryl methyl sites for hydroxylation is 2. The molecule has 0 saturated carbocycles. The van der Waals surface area contributed by atoms with Crippen LogP contribution in [0.1, 0.15) is 23.2 Å². The molecule has 0 unspecified atom stereocenters. The van der Waals surface area contributed by atoms with E-state index < -0.39 is 10.0 Å². The molecule has 0 aliphatic rings. The lowest BCUT2D eigenvalue weighted by Crippen LogP contribution is -2.26. The predicted molar refractivity (Wildman–Crippen MR) is 76.7 cm³/mol. The van der Waals surface area contributed by atoms with E-state index in [1.807, 2.05) is 6.92 Å². The molecule has 0 atom stereocenters. The van der Waals surface area contributed by atoms with Crippen LogP contribution >= 0.6 is 11.3 Å². The quantitative estimate of drug-likeness (QED) is 0.813. The normalized spacial score (nSPS) is 11.9. The second-order valence-corrected chi connectivity index (χ2v) is 6.90. The number of thiophene rings is 1.